The first-order valence-electron chi connectivity index (χ1n) is 8.42. The van der Waals surface area contributed by atoms with Crippen LogP contribution in [0, 0.1) is 18.3 Å². The molecule has 6 heteroatoms. The van der Waals surface area contributed by atoms with E-state index in [0.29, 0.717) is 31.9 Å². The van der Waals surface area contributed by atoms with Gasteiger partial charge in [-0.05, 0) is 25.0 Å². The molecule has 0 spiro atoms. The number of carbonyl (C=O) groups is 2. The number of methoxy groups -OCH3 is 1. The number of likely N-dealkylation sites (tertiary alicyclic amines) is 2. The second-order valence-electron chi connectivity index (χ2n) is 7.06. The first kappa shape index (κ1) is 16.9. The summed E-state index contributed by atoms with van der Waals surface area (Å²) < 4.78 is 5.46. The smallest absolute Gasteiger partial charge is 0.272 e. The Labute approximate surface area is 142 Å². The van der Waals surface area contributed by atoms with Gasteiger partial charge in [-0.2, -0.15) is 0 Å². The topological polar surface area (TPSA) is 62.7 Å². The molecule has 24 heavy (non-hydrogen) atoms. The molecule has 1 aromatic heterocycles. The number of hydrogen-bond acceptors (Lipinski definition) is 4. The first-order valence-corrected chi connectivity index (χ1v) is 8.42. The van der Waals surface area contributed by atoms with Crippen molar-refractivity contribution in [3.63, 3.8) is 0 Å². The number of amides is 2. The third-order valence-corrected chi connectivity index (χ3v) is 5.51. The molecule has 0 saturated carbocycles. The summed E-state index contributed by atoms with van der Waals surface area (Å²) in [7, 11) is 1.71. The van der Waals surface area contributed by atoms with Crippen LogP contribution in [0.5, 0.6) is 0 Å². The van der Waals surface area contributed by atoms with Gasteiger partial charge in [0.05, 0.1) is 6.61 Å². The Bertz CT molecular complexity index is 648. The fourth-order valence-electron chi connectivity index (χ4n) is 4.09. The quantitative estimate of drug-likeness (QED) is 0.839. The summed E-state index contributed by atoms with van der Waals surface area (Å²) in [6, 6.07) is 3.75. The first-order chi connectivity index (χ1) is 11.5. The molecule has 2 aliphatic rings. The predicted octanol–water partition coefficient (Wildman–Crippen LogP) is 1.35. The summed E-state index contributed by atoms with van der Waals surface area (Å²) in [4.78, 5) is 32.7. The number of rotatable bonds is 3. The van der Waals surface area contributed by atoms with Crippen molar-refractivity contribution in [1.29, 1.82) is 0 Å². The van der Waals surface area contributed by atoms with Gasteiger partial charge in [0.25, 0.3) is 5.91 Å². The summed E-state index contributed by atoms with van der Waals surface area (Å²) in [5, 5.41) is 0. The summed E-state index contributed by atoms with van der Waals surface area (Å²) in [6.07, 6.45) is 2.51. The molecule has 3 heterocycles. The lowest BCUT2D eigenvalue weighted by Crippen LogP contribution is -2.51. The van der Waals surface area contributed by atoms with Gasteiger partial charge in [-0.3, -0.25) is 14.6 Å². The van der Waals surface area contributed by atoms with Crippen molar-refractivity contribution in [3.05, 3.63) is 29.6 Å². The molecule has 0 aromatic carbocycles. The highest BCUT2D eigenvalue weighted by molar-refractivity contribution is 5.93. The second-order valence-corrected chi connectivity index (χ2v) is 7.06. The zero-order chi connectivity index (χ0) is 17.3. The van der Waals surface area contributed by atoms with Crippen LogP contribution in [0.4, 0.5) is 0 Å². The molecule has 3 rings (SSSR count). The van der Waals surface area contributed by atoms with Gasteiger partial charge < -0.3 is 14.5 Å². The van der Waals surface area contributed by atoms with Gasteiger partial charge in [0, 0.05) is 57.7 Å². The predicted molar refractivity (Wildman–Crippen MR) is 89.5 cm³/mol. The van der Waals surface area contributed by atoms with Crippen LogP contribution in [0.3, 0.4) is 0 Å². The minimum atomic E-state index is -0.0314. The standard InChI is InChI=1S/C18H25N3O3/c1-13-5-4-7-19-16(13)17(23)20-8-6-18(12-24-3)11-21(14(2)22)10-15(18)9-20/h4-5,7,15H,6,8-12H2,1-3H3/t15-,18+/m1/s1. The number of piperidine rings is 1. The van der Waals surface area contributed by atoms with E-state index in [9.17, 15) is 9.59 Å². The van der Waals surface area contributed by atoms with E-state index in [4.69, 9.17) is 4.74 Å². The van der Waals surface area contributed by atoms with E-state index in [-0.39, 0.29) is 23.1 Å². The molecule has 1 aromatic rings. The molecular formula is C18H25N3O3. The third-order valence-electron chi connectivity index (χ3n) is 5.51. The Morgan fingerprint density at radius 2 is 2.12 bits per heavy atom. The molecule has 0 unspecified atom stereocenters. The molecule has 0 aliphatic carbocycles. The van der Waals surface area contributed by atoms with Gasteiger partial charge in [-0.25, -0.2) is 0 Å². The Morgan fingerprint density at radius 3 is 2.79 bits per heavy atom. The van der Waals surface area contributed by atoms with Crippen molar-refractivity contribution in [2.24, 2.45) is 11.3 Å². The van der Waals surface area contributed by atoms with Crippen molar-refractivity contribution in [2.45, 2.75) is 20.3 Å². The van der Waals surface area contributed by atoms with Crippen LogP contribution < -0.4 is 0 Å². The third kappa shape index (κ3) is 2.90. The van der Waals surface area contributed by atoms with E-state index in [2.05, 4.69) is 4.98 Å². The van der Waals surface area contributed by atoms with E-state index in [1.807, 2.05) is 28.9 Å². The van der Waals surface area contributed by atoms with Crippen molar-refractivity contribution in [3.8, 4) is 0 Å². The summed E-state index contributed by atoms with van der Waals surface area (Å²) >= 11 is 0. The number of ether oxygens (including phenoxy) is 1. The fraction of sp³-hybridized carbons (Fsp3) is 0.611. The highest BCUT2D eigenvalue weighted by Crippen LogP contribution is 2.43. The maximum atomic E-state index is 12.8. The maximum Gasteiger partial charge on any atom is 0.272 e. The molecule has 2 fully saturated rings. The normalized spacial score (nSPS) is 26.4. The van der Waals surface area contributed by atoms with E-state index in [1.165, 1.54) is 0 Å². The van der Waals surface area contributed by atoms with Gasteiger partial charge in [0.2, 0.25) is 5.91 Å². The number of nitrogens with zero attached hydrogens (tertiary/aromatic N) is 3. The van der Waals surface area contributed by atoms with Crippen molar-refractivity contribution >= 4 is 11.8 Å². The Morgan fingerprint density at radius 1 is 1.38 bits per heavy atom. The van der Waals surface area contributed by atoms with E-state index >= 15 is 0 Å². The molecular weight excluding hydrogens is 306 g/mol. The van der Waals surface area contributed by atoms with Crippen molar-refractivity contribution in [2.75, 3.05) is 39.9 Å². The molecule has 2 amide bonds. The average molecular weight is 331 g/mol. The second kappa shape index (κ2) is 6.51. The molecule has 2 atom stereocenters. The number of fused-ring (bicyclic) bond motifs is 1. The van der Waals surface area contributed by atoms with Gasteiger partial charge in [0.1, 0.15) is 5.69 Å². The van der Waals surface area contributed by atoms with Crippen LogP contribution in [0.15, 0.2) is 18.3 Å². The molecule has 0 N–H and O–H groups in total. The van der Waals surface area contributed by atoms with Crippen LogP contribution in [0.1, 0.15) is 29.4 Å². The number of carbonyl (C=O) groups excluding carboxylic acids is 2. The average Bonchev–Trinajstić information content (AvgIpc) is 2.94. The lowest BCUT2D eigenvalue weighted by atomic mass is 9.73. The van der Waals surface area contributed by atoms with E-state index in [1.54, 1.807) is 20.2 Å². The number of pyridine rings is 1. The minimum absolute atomic E-state index is 0.0135. The van der Waals surface area contributed by atoms with E-state index < -0.39 is 0 Å². The maximum absolute atomic E-state index is 12.8. The molecule has 6 nitrogen and oxygen atoms in total. The monoisotopic (exact) mass is 331 g/mol. The molecule has 0 bridgehead atoms. The fourth-order valence-corrected chi connectivity index (χ4v) is 4.09. The summed E-state index contributed by atoms with van der Waals surface area (Å²) in [5.74, 6) is 0.335. The molecule has 0 radical (unpaired) electrons. The largest absolute Gasteiger partial charge is 0.384 e. The van der Waals surface area contributed by atoms with Crippen LogP contribution in [-0.2, 0) is 9.53 Å². The lowest BCUT2D eigenvalue weighted by molar-refractivity contribution is -0.128. The summed E-state index contributed by atoms with van der Waals surface area (Å²) in [6.45, 7) is 6.91. The Balaban J connectivity index is 1.79. The number of hydrogen-bond donors (Lipinski definition) is 0. The van der Waals surface area contributed by atoms with Gasteiger partial charge in [-0.1, -0.05) is 6.07 Å². The highest BCUT2D eigenvalue weighted by Gasteiger charge is 2.50. The van der Waals surface area contributed by atoms with Crippen LogP contribution in [-0.4, -0.2) is 66.5 Å². The zero-order valence-electron chi connectivity index (χ0n) is 14.6. The van der Waals surface area contributed by atoms with E-state index in [0.717, 1.165) is 18.5 Å². The Hall–Kier alpha value is -1.95. The SMILES string of the molecule is COC[C@@]12CCN(C(=O)c3ncccc3C)C[C@@H]1CN(C(C)=O)C2. The lowest BCUT2D eigenvalue weighted by Gasteiger charge is -2.42. The number of aryl methyl sites for hydroxylation is 1. The van der Waals surface area contributed by atoms with Crippen molar-refractivity contribution < 1.29 is 14.3 Å². The molecule has 130 valence electrons. The van der Waals surface area contributed by atoms with Gasteiger partial charge >= 0.3 is 0 Å². The van der Waals surface area contributed by atoms with Gasteiger partial charge in [0.15, 0.2) is 0 Å². The molecule has 2 saturated heterocycles. The van der Waals surface area contributed by atoms with Crippen LogP contribution in [0.2, 0.25) is 0 Å². The van der Waals surface area contributed by atoms with Crippen LogP contribution >= 0.6 is 0 Å². The minimum Gasteiger partial charge on any atom is -0.384 e. The number of aromatic nitrogens is 1. The summed E-state index contributed by atoms with van der Waals surface area (Å²) in [5.41, 5.74) is 1.39. The Kier molecular flexibility index (Phi) is 4.58. The zero-order valence-corrected chi connectivity index (χ0v) is 14.6. The highest BCUT2D eigenvalue weighted by atomic mass is 16.5. The van der Waals surface area contributed by atoms with Crippen LogP contribution in [0.25, 0.3) is 0 Å². The molecule has 2 aliphatic heterocycles. The van der Waals surface area contributed by atoms with Gasteiger partial charge in [-0.15, -0.1) is 0 Å². The van der Waals surface area contributed by atoms with Crippen molar-refractivity contribution in [1.82, 2.24) is 14.8 Å².